The number of benzene rings is 1. The summed E-state index contributed by atoms with van der Waals surface area (Å²) >= 11 is 7.73. The van der Waals surface area contributed by atoms with Gasteiger partial charge in [-0.05, 0) is 25.0 Å². The smallest absolute Gasteiger partial charge is 0.228 e. The van der Waals surface area contributed by atoms with Gasteiger partial charge in [0.2, 0.25) is 5.91 Å². The Balaban J connectivity index is 1.77. The van der Waals surface area contributed by atoms with Crippen LogP contribution in [0.5, 0.6) is 0 Å². The number of hydrogen-bond donors (Lipinski definition) is 1. The van der Waals surface area contributed by atoms with E-state index in [0.29, 0.717) is 10.8 Å². The van der Waals surface area contributed by atoms with Gasteiger partial charge in [-0.3, -0.25) is 4.79 Å². The van der Waals surface area contributed by atoms with E-state index >= 15 is 0 Å². The van der Waals surface area contributed by atoms with Gasteiger partial charge in [0, 0.05) is 17.7 Å². The maximum atomic E-state index is 12.0. The molecule has 0 bridgehead atoms. The molecule has 4 rings (SSSR count). The van der Waals surface area contributed by atoms with Gasteiger partial charge in [0.05, 0.1) is 15.2 Å². The number of nitrogens with one attached hydrogen (secondary N) is 1. The van der Waals surface area contributed by atoms with E-state index < -0.39 is 0 Å². The zero-order valence-corrected chi connectivity index (χ0v) is 13.1. The Morgan fingerprint density at radius 2 is 2.09 bits per heavy atom. The van der Waals surface area contributed by atoms with Crippen LogP contribution in [-0.4, -0.2) is 15.9 Å². The molecule has 2 heterocycles. The largest absolute Gasteiger partial charge is 0.309 e. The molecule has 0 unspecified atom stereocenters. The fourth-order valence-corrected chi connectivity index (χ4v) is 3.58. The number of anilines is 1. The zero-order valence-electron chi connectivity index (χ0n) is 11.5. The molecule has 6 heteroatoms. The van der Waals surface area contributed by atoms with E-state index in [1.807, 2.05) is 30.3 Å². The van der Waals surface area contributed by atoms with Gasteiger partial charge in [-0.15, -0.1) is 11.3 Å². The number of rotatable bonds is 3. The highest BCUT2D eigenvalue weighted by molar-refractivity contribution is 7.22. The van der Waals surface area contributed by atoms with Crippen LogP contribution in [0.15, 0.2) is 36.5 Å². The Labute approximate surface area is 136 Å². The van der Waals surface area contributed by atoms with Gasteiger partial charge in [-0.2, -0.15) is 0 Å². The van der Waals surface area contributed by atoms with Gasteiger partial charge in [0.1, 0.15) is 5.01 Å². The molecule has 4 nitrogen and oxygen atoms in total. The Kier molecular flexibility index (Phi) is 3.32. The summed E-state index contributed by atoms with van der Waals surface area (Å²) in [6.07, 6.45) is 3.60. The molecule has 1 aliphatic carbocycles. The van der Waals surface area contributed by atoms with Crippen molar-refractivity contribution in [2.24, 2.45) is 5.92 Å². The molecular weight excluding hydrogens is 318 g/mol. The third kappa shape index (κ3) is 2.46. The van der Waals surface area contributed by atoms with Crippen molar-refractivity contribution in [1.29, 1.82) is 0 Å². The van der Waals surface area contributed by atoms with Gasteiger partial charge in [-0.25, -0.2) is 9.97 Å². The molecule has 1 saturated carbocycles. The van der Waals surface area contributed by atoms with Crippen molar-refractivity contribution in [1.82, 2.24) is 9.97 Å². The van der Waals surface area contributed by atoms with E-state index in [4.69, 9.17) is 11.6 Å². The molecule has 1 N–H and O–H groups in total. The summed E-state index contributed by atoms with van der Waals surface area (Å²) in [5.41, 5.74) is 1.71. The lowest BCUT2D eigenvalue weighted by Crippen LogP contribution is -2.14. The lowest BCUT2D eigenvalue weighted by molar-refractivity contribution is -0.117. The van der Waals surface area contributed by atoms with Gasteiger partial charge < -0.3 is 5.32 Å². The topological polar surface area (TPSA) is 54.9 Å². The van der Waals surface area contributed by atoms with Gasteiger partial charge in [0.15, 0.2) is 5.82 Å². The molecule has 1 amide bonds. The number of carbonyl (C=O) groups is 1. The fourth-order valence-electron chi connectivity index (χ4n) is 2.26. The van der Waals surface area contributed by atoms with E-state index in [1.54, 1.807) is 6.20 Å². The van der Waals surface area contributed by atoms with Gasteiger partial charge in [0.25, 0.3) is 0 Å². The summed E-state index contributed by atoms with van der Waals surface area (Å²) in [6.45, 7) is 0. The van der Waals surface area contributed by atoms with Gasteiger partial charge >= 0.3 is 0 Å². The van der Waals surface area contributed by atoms with Crippen LogP contribution in [0.4, 0.5) is 5.82 Å². The lowest BCUT2D eigenvalue weighted by Gasteiger charge is -2.03. The van der Waals surface area contributed by atoms with Crippen molar-refractivity contribution in [3.63, 3.8) is 0 Å². The standard InChI is InChI=1S/C16H12ClN3OS/c17-11-4-2-1-3-10(11)16-19-12-7-8-18-14(13(12)22-16)20-15(21)9-5-6-9/h1-4,7-9H,5-6H2,(H,18,20,21). The molecule has 0 radical (unpaired) electrons. The summed E-state index contributed by atoms with van der Waals surface area (Å²) in [5, 5.41) is 4.41. The Morgan fingerprint density at radius 1 is 1.27 bits per heavy atom. The first-order chi connectivity index (χ1) is 10.7. The quantitative estimate of drug-likeness (QED) is 0.776. The van der Waals surface area contributed by atoms with E-state index in [0.717, 1.165) is 33.6 Å². The number of pyridine rings is 1. The highest BCUT2D eigenvalue weighted by Gasteiger charge is 2.30. The lowest BCUT2D eigenvalue weighted by atomic mass is 10.2. The molecule has 2 aromatic heterocycles. The normalized spacial score (nSPS) is 14.2. The van der Waals surface area contributed by atoms with E-state index in [2.05, 4.69) is 15.3 Å². The molecule has 1 aromatic carbocycles. The summed E-state index contributed by atoms with van der Waals surface area (Å²) in [5.74, 6) is 0.783. The minimum absolute atomic E-state index is 0.0488. The van der Waals surface area contributed by atoms with Gasteiger partial charge in [-0.1, -0.05) is 29.8 Å². The van der Waals surface area contributed by atoms with Crippen molar-refractivity contribution >= 4 is 44.9 Å². The molecule has 1 fully saturated rings. The summed E-state index contributed by atoms with van der Waals surface area (Å²) in [4.78, 5) is 20.9. The minimum atomic E-state index is 0.0488. The first kappa shape index (κ1) is 13.7. The number of amides is 1. The second-order valence-corrected chi connectivity index (χ2v) is 6.68. The summed E-state index contributed by atoms with van der Waals surface area (Å²) < 4.78 is 0.881. The molecular formula is C16H12ClN3OS. The van der Waals surface area contributed by atoms with Crippen LogP contribution >= 0.6 is 22.9 Å². The van der Waals surface area contributed by atoms with E-state index in [9.17, 15) is 4.79 Å². The maximum absolute atomic E-state index is 12.0. The number of carbonyl (C=O) groups excluding carboxylic acids is 1. The predicted molar refractivity (Wildman–Crippen MR) is 89.2 cm³/mol. The second-order valence-electron chi connectivity index (χ2n) is 5.27. The second kappa shape index (κ2) is 5.34. The summed E-state index contributed by atoms with van der Waals surface area (Å²) in [7, 11) is 0. The highest BCUT2D eigenvalue weighted by atomic mass is 35.5. The monoisotopic (exact) mass is 329 g/mol. The molecule has 1 aliphatic rings. The first-order valence-electron chi connectivity index (χ1n) is 7.03. The Morgan fingerprint density at radius 3 is 2.86 bits per heavy atom. The SMILES string of the molecule is O=C(Nc1nccc2nc(-c3ccccc3Cl)sc12)C1CC1. The van der Waals surface area contributed by atoms with Crippen LogP contribution in [0.1, 0.15) is 12.8 Å². The average molecular weight is 330 g/mol. The Bertz CT molecular complexity index is 873. The van der Waals surface area contributed by atoms with Crippen LogP contribution in [0.3, 0.4) is 0 Å². The minimum Gasteiger partial charge on any atom is -0.309 e. The molecule has 0 spiro atoms. The number of aromatic nitrogens is 2. The molecule has 0 saturated heterocycles. The van der Waals surface area contributed by atoms with Crippen molar-refractivity contribution < 1.29 is 4.79 Å². The van der Waals surface area contributed by atoms with E-state index in [1.165, 1.54) is 11.3 Å². The van der Waals surface area contributed by atoms with Crippen LogP contribution in [-0.2, 0) is 4.79 Å². The highest BCUT2D eigenvalue weighted by Crippen LogP contribution is 2.37. The van der Waals surface area contributed by atoms with Crippen molar-refractivity contribution in [3.05, 3.63) is 41.6 Å². The molecule has 3 aromatic rings. The average Bonchev–Trinajstić information content (AvgIpc) is 3.27. The predicted octanol–water partition coefficient (Wildman–Crippen LogP) is 4.36. The number of thiazole rings is 1. The van der Waals surface area contributed by atoms with Crippen LogP contribution in [0.2, 0.25) is 5.02 Å². The van der Waals surface area contributed by atoms with Crippen LogP contribution in [0, 0.1) is 5.92 Å². The molecule has 0 aliphatic heterocycles. The van der Waals surface area contributed by atoms with Crippen molar-refractivity contribution in [3.8, 4) is 10.6 Å². The number of halogens is 1. The number of nitrogens with zero attached hydrogens (tertiary/aromatic N) is 2. The van der Waals surface area contributed by atoms with Crippen LogP contribution in [0.25, 0.3) is 20.8 Å². The maximum Gasteiger partial charge on any atom is 0.228 e. The third-order valence-electron chi connectivity index (χ3n) is 3.60. The van der Waals surface area contributed by atoms with Crippen molar-refractivity contribution in [2.45, 2.75) is 12.8 Å². The molecule has 110 valence electrons. The van der Waals surface area contributed by atoms with E-state index in [-0.39, 0.29) is 11.8 Å². The number of hydrogen-bond acceptors (Lipinski definition) is 4. The Hall–Kier alpha value is -1.98. The molecule has 22 heavy (non-hydrogen) atoms. The third-order valence-corrected chi connectivity index (χ3v) is 5.04. The fraction of sp³-hybridized carbons (Fsp3) is 0.188. The zero-order chi connectivity index (χ0) is 15.1. The molecule has 0 atom stereocenters. The number of fused-ring (bicyclic) bond motifs is 1. The van der Waals surface area contributed by atoms with Crippen LogP contribution < -0.4 is 5.32 Å². The van der Waals surface area contributed by atoms with Crippen molar-refractivity contribution in [2.75, 3.05) is 5.32 Å². The summed E-state index contributed by atoms with van der Waals surface area (Å²) in [6, 6.07) is 9.45. The first-order valence-corrected chi connectivity index (χ1v) is 8.23.